The topological polar surface area (TPSA) is 49.4 Å². The van der Waals surface area contributed by atoms with E-state index in [1.165, 1.54) is 0 Å². The lowest BCUT2D eigenvalue weighted by Gasteiger charge is -2.34. The first-order valence-corrected chi connectivity index (χ1v) is 8.13. The fourth-order valence-corrected chi connectivity index (χ4v) is 4.04. The first-order valence-electron chi connectivity index (χ1n) is 6.52. The number of sulfonamides is 1. The van der Waals surface area contributed by atoms with E-state index in [0.29, 0.717) is 37.5 Å². The zero-order valence-corrected chi connectivity index (χ0v) is 12.3. The summed E-state index contributed by atoms with van der Waals surface area (Å²) in [5, 5.41) is 3.16. The average Bonchev–Trinajstić information content (AvgIpc) is 2.14. The van der Waals surface area contributed by atoms with Crippen LogP contribution in [-0.2, 0) is 10.0 Å². The molecular formula is C12H26N2O2S. The van der Waals surface area contributed by atoms with E-state index in [4.69, 9.17) is 0 Å². The van der Waals surface area contributed by atoms with E-state index >= 15 is 0 Å². The third-order valence-corrected chi connectivity index (χ3v) is 4.95. The zero-order chi connectivity index (χ0) is 13.1. The lowest BCUT2D eigenvalue weighted by molar-refractivity contribution is 0.222. The Morgan fingerprint density at radius 1 is 1.24 bits per heavy atom. The molecule has 1 N–H and O–H groups in total. The van der Waals surface area contributed by atoms with E-state index in [9.17, 15) is 8.42 Å². The molecule has 2 atom stereocenters. The van der Waals surface area contributed by atoms with E-state index in [2.05, 4.69) is 19.2 Å². The predicted molar refractivity (Wildman–Crippen MR) is 71.4 cm³/mol. The van der Waals surface area contributed by atoms with Crippen molar-refractivity contribution in [3.63, 3.8) is 0 Å². The summed E-state index contributed by atoms with van der Waals surface area (Å²) in [7, 11) is -3.07. The van der Waals surface area contributed by atoms with Crippen molar-refractivity contribution in [3.8, 4) is 0 Å². The van der Waals surface area contributed by atoms with Gasteiger partial charge in [-0.1, -0.05) is 27.7 Å². The molecule has 0 bridgehead atoms. The molecule has 0 aromatic rings. The number of nitrogens with zero attached hydrogens (tertiary/aromatic N) is 1. The summed E-state index contributed by atoms with van der Waals surface area (Å²) < 4.78 is 26.0. The van der Waals surface area contributed by atoms with Crippen LogP contribution in [-0.4, -0.2) is 44.2 Å². The van der Waals surface area contributed by atoms with Crippen LogP contribution in [0.5, 0.6) is 0 Å². The molecule has 102 valence electrons. The van der Waals surface area contributed by atoms with Gasteiger partial charge in [0.05, 0.1) is 5.75 Å². The molecule has 0 saturated carbocycles. The second-order valence-corrected chi connectivity index (χ2v) is 7.78. The molecule has 17 heavy (non-hydrogen) atoms. The van der Waals surface area contributed by atoms with Gasteiger partial charge in [0.1, 0.15) is 0 Å². The molecule has 4 nitrogen and oxygen atoms in total. The van der Waals surface area contributed by atoms with E-state index in [1.807, 2.05) is 13.8 Å². The maximum atomic E-state index is 12.1. The van der Waals surface area contributed by atoms with Crippen LogP contribution in [0, 0.1) is 11.8 Å². The Morgan fingerprint density at radius 3 is 2.24 bits per heavy atom. The van der Waals surface area contributed by atoms with Gasteiger partial charge >= 0.3 is 0 Å². The quantitative estimate of drug-likeness (QED) is 0.812. The van der Waals surface area contributed by atoms with Crippen molar-refractivity contribution in [2.75, 3.05) is 25.4 Å². The highest BCUT2D eigenvalue weighted by molar-refractivity contribution is 7.89. The van der Waals surface area contributed by atoms with Crippen LogP contribution in [0.25, 0.3) is 0 Å². The number of piperidine rings is 1. The molecule has 0 aliphatic carbocycles. The van der Waals surface area contributed by atoms with Crippen molar-refractivity contribution in [2.24, 2.45) is 11.8 Å². The van der Waals surface area contributed by atoms with Crippen molar-refractivity contribution in [3.05, 3.63) is 0 Å². The zero-order valence-electron chi connectivity index (χ0n) is 11.4. The summed E-state index contributed by atoms with van der Waals surface area (Å²) in [4.78, 5) is 0. The van der Waals surface area contributed by atoms with Crippen LogP contribution in [0.1, 0.15) is 34.1 Å². The lowest BCUT2D eigenvalue weighted by Crippen LogP contribution is -2.45. The predicted octanol–water partition coefficient (Wildman–Crippen LogP) is 1.29. The van der Waals surface area contributed by atoms with E-state index in [1.54, 1.807) is 4.31 Å². The minimum atomic E-state index is -3.07. The van der Waals surface area contributed by atoms with Crippen molar-refractivity contribution < 1.29 is 8.42 Å². The van der Waals surface area contributed by atoms with Crippen molar-refractivity contribution in [1.29, 1.82) is 0 Å². The Kier molecular flexibility index (Phi) is 5.41. The first kappa shape index (κ1) is 14.9. The lowest BCUT2D eigenvalue weighted by atomic mass is 9.94. The molecule has 0 amide bonds. The van der Waals surface area contributed by atoms with Crippen LogP contribution in [0.3, 0.4) is 0 Å². The third kappa shape index (κ3) is 4.94. The van der Waals surface area contributed by atoms with Crippen LogP contribution in [0.2, 0.25) is 0 Å². The second-order valence-electron chi connectivity index (χ2n) is 5.69. The maximum absolute atomic E-state index is 12.1. The number of hydrogen-bond donors (Lipinski definition) is 1. The summed E-state index contributed by atoms with van der Waals surface area (Å²) >= 11 is 0. The monoisotopic (exact) mass is 262 g/mol. The third-order valence-electron chi connectivity index (χ3n) is 3.14. The van der Waals surface area contributed by atoms with Crippen LogP contribution in [0.4, 0.5) is 0 Å². The summed E-state index contributed by atoms with van der Waals surface area (Å²) in [5.41, 5.74) is 0. The van der Waals surface area contributed by atoms with E-state index in [0.717, 1.165) is 6.42 Å². The van der Waals surface area contributed by atoms with Crippen molar-refractivity contribution >= 4 is 10.0 Å². The summed E-state index contributed by atoms with van der Waals surface area (Å²) in [6, 6.07) is 0.337. The van der Waals surface area contributed by atoms with Crippen molar-refractivity contribution in [1.82, 2.24) is 9.62 Å². The minimum absolute atomic E-state index is 0.213. The summed E-state index contributed by atoms with van der Waals surface area (Å²) in [5.74, 6) is 1.17. The number of hydrogen-bond acceptors (Lipinski definition) is 3. The standard InChI is InChI=1S/C12H26N2O2S/c1-10(2)13-5-6-17(15,16)14-8-11(3)7-12(4)9-14/h10-13H,5-9H2,1-4H3. The molecule has 1 aliphatic rings. The first-order chi connectivity index (χ1) is 7.81. The fraction of sp³-hybridized carbons (Fsp3) is 1.00. The molecule has 2 unspecified atom stereocenters. The average molecular weight is 262 g/mol. The Morgan fingerprint density at radius 2 is 1.76 bits per heavy atom. The van der Waals surface area contributed by atoms with Gasteiger partial charge in [0.15, 0.2) is 0 Å². The highest BCUT2D eigenvalue weighted by Gasteiger charge is 2.29. The molecule has 1 rings (SSSR count). The molecule has 0 aromatic carbocycles. The molecular weight excluding hydrogens is 236 g/mol. The highest BCUT2D eigenvalue weighted by Crippen LogP contribution is 2.23. The molecule has 0 spiro atoms. The van der Waals surface area contributed by atoms with Crippen molar-refractivity contribution in [2.45, 2.75) is 40.2 Å². The van der Waals surface area contributed by atoms with E-state index < -0.39 is 10.0 Å². The van der Waals surface area contributed by atoms with Gasteiger partial charge in [0.2, 0.25) is 10.0 Å². The van der Waals surface area contributed by atoms with Gasteiger partial charge in [-0.2, -0.15) is 0 Å². The largest absolute Gasteiger partial charge is 0.313 e. The van der Waals surface area contributed by atoms with Gasteiger partial charge in [-0.25, -0.2) is 12.7 Å². The van der Waals surface area contributed by atoms with Gasteiger partial charge in [-0.3, -0.25) is 0 Å². The van der Waals surface area contributed by atoms with E-state index in [-0.39, 0.29) is 5.75 Å². The molecule has 5 heteroatoms. The molecule has 1 aliphatic heterocycles. The van der Waals surface area contributed by atoms with Gasteiger partial charge < -0.3 is 5.32 Å². The summed E-state index contributed by atoms with van der Waals surface area (Å²) in [6.07, 6.45) is 1.14. The Balaban J connectivity index is 2.51. The summed E-state index contributed by atoms with van der Waals surface area (Å²) in [6.45, 7) is 10.2. The van der Waals surface area contributed by atoms with Gasteiger partial charge in [-0.05, 0) is 18.3 Å². The molecule has 0 aromatic heterocycles. The second kappa shape index (κ2) is 6.16. The van der Waals surface area contributed by atoms with Crippen LogP contribution in [0.15, 0.2) is 0 Å². The Labute approximate surface area is 106 Å². The molecule has 1 fully saturated rings. The SMILES string of the molecule is CC1CC(C)CN(S(=O)(=O)CCNC(C)C)C1. The molecule has 1 heterocycles. The van der Waals surface area contributed by atoms with Gasteiger partial charge in [0, 0.05) is 25.7 Å². The molecule has 1 saturated heterocycles. The normalized spacial score (nSPS) is 27.6. The minimum Gasteiger partial charge on any atom is -0.313 e. The van der Waals surface area contributed by atoms with Crippen LogP contribution >= 0.6 is 0 Å². The Bertz CT molecular complexity index is 317. The molecule has 0 radical (unpaired) electrons. The fourth-order valence-electron chi connectivity index (χ4n) is 2.44. The maximum Gasteiger partial charge on any atom is 0.215 e. The smallest absolute Gasteiger partial charge is 0.215 e. The highest BCUT2D eigenvalue weighted by atomic mass is 32.2. The number of rotatable bonds is 5. The number of nitrogens with one attached hydrogen (secondary N) is 1. The van der Waals surface area contributed by atoms with Crippen LogP contribution < -0.4 is 5.32 Å². The van der Waals surface area contributed by atoms with Gasteiger partial charge in [0.25, 0.3) is 0 Å². The Hall–Kier alpha value is -0.130. The van der Waals surface area contributed by atoms with Gasteiger partial charge in [-0.15, -0.1) is 0 Å².